The Morgan fingerprint density at radius 1 is 1.45 bits per heavy atom. The Kier molecular flexibility index (Phi) is 8.06. The summed E-state index contributed by atoms with van der Waals surface area (Å²) in [6.45, 7) is 6.76. The molecule has 118 valence electrons. The van der Waals surface area contributed by atoms with Crippen molar-refractivity contribution in [2.75, 3.05) is 39.5 Å². The molecule has 3 unspecified atom stereocenters. The monoisotopic (exact) mass is 289 g/mol. The number of hydrogen-bond donors (Lipinski definition) is 2. The van der Waals surface area contributed by atoms with E-state index in [-0.39, 0.29) is 12.6 Å². The van der Waals surface area contributed by atoms with Crippen LogP contribution in [-0.4, -0.2) is 72.7 Å². The van der Waals surface area contributed by atoms with E-state index in [9.17, 15) is 9.90 Å². The van der Waals surface area contributed by atoms with Crippen LogP contribution in [0.4, 0.5) is 0 Å². The fraction of sp³-hybridized carbons (Fsp3) is 0.929. The maximum absolute atomic E-state index is 11.2. The lowest BCUT2D eigenvalue weighted by molar-refractivity contribution is -0.143. The normalized spacial score (nSPS) is 24.2. The van der Waals surface area contributed by atoms with Gasteiger partial charge >= 0.3 is 5.97 Å². The SMILES string of the molecule is CCCCOCC(O)CN(CC)C1COCC1C(=O)O. The lowest BCUT2D eigenvalue weighted by Crippen LogP contribution is -2.47. The van der Waals surface area contributed by atoms with Crippen molar-refractivity contribution in [3.8, 4) is 0 Å². The molecule has 20 heavy (non-hydrogen) atoms. The van der Waals surface area contributed by atoms with E-state index in [1.165, 1.54) is 0 Å². The Morgan fingerprint density at radius 2 is 2.20 bits per heavy atom. The third kappa shape index (κ3) is 5.36. The molecule has 3 atom stereocenters. The molecule has 1 heterocycles. The molecular formula is C14H27NO5. The van der Waals surface area contributed by atoms with Crippen LogP contribution >= 0.6 is 0 Å². The Bertz CT molecular complexity index is 287. The fourth-order valence-corrected chi connectivity index (χ4v) is 2.43. The first-order chi connectivity index (χ1) is 9.60. The van der Waals surface area contributed by atoms with Gasteiger partial charge in [0.25, 0.3) is 0 Å². The molecule has 1 aliphatic rings. The fourth-order valence-electron chi connectivity index (χ4n) is 2.43. The summed E-state index contributed by atoms with van der Waals surface area (Å²) in [5, 5.41) is 19.1. The number of hydrogen-bond acceptors (Lipinski definition) is 5. The summed E-state index contributed by atoms with van der Waals surface area (Å²) in [5.74, 6) is -1.34. The van der Waals surface area contributed by atoms with E-state index in [0.29, 0.717) is 32.9 Å². The van der Waals surface area contributed by atoms with Gasteiger partial charge in [-0.2, -0.15) is 0 Å². The van der Waals surface area contributed by atoms with Crippen molar-refractivity contribution in [1.29, 1.82) is 0 Å². The molecule has 0 aromatic carbocycles. The van der Waals surface area contributed by atoms with Crippen molar-refractivity contribution in [3.63, 3.8) is 0 Å². The van der Waals surface area contributed by atoms with Gasteiger partial charge in [0.05, 0.1) is 31.8 Å². The average molecular weight is 289 g/mol. The predicted molar refractivity (Wildman–Crippen MR) is 74.7 cm³/mol. The molecule has 0 aromatic rings. The number of unbranched alkanes of at least 4 members (excludes halogenated alkanes) is 1. The standard InChI is InChI=1S/C14H27NO5/c1-3-5-6-19-8-11(16)7-15(4-2)13-10-20-9-12(13)14(17)18/h11-13,16H,3-10H2,1-2H3,(H,17,18). The number of ether oxygens (including phenoxy) is 2. The summed E-state index contributed by atoms with van der Waals surface area (Å²) < 4.78 is 10.7. The molecule has 0 aliphatic carbocycles. The van der Waals surface area contributed by atoms with E-state index in [1.807, 2.05) is 11.8 Å². The van der Waals surface area contributed by atoms with Crippen molar-refractivity contribution in [2.45, 2.75) is 38.8 Å². The van der Waals surface area contributed by atoms with Gasteiger partial charge < -0.3 is 19.7 Å². The van der Waals surface area contributed by atoms with E-state index < -0.39 is 18.0 Å². The van der Waals surface area contributed by atoms with Gasteiger partial charge in [-0.1, -0.05) is 20.3 Å². The van der Waals surface area contributed by atoms with Gasteiger partial charge in [-0.05, 0) is 13.0 Å². The molecule has 0 spiro atoms. The summed E-state index contributed by atoms with van der Waals surface area (Å²) in [4.78, 5) is 13.1. The quantitative estimate of drug-likeness (QED) is 0.573. The molecule has 0 bridgehead atoms. The zero-order valence-electron chi connectivity index (χ0n) is 12.5. The topological polar surface area (TPSA) is 79.2 Å². The van der Waals surface area contributed by atoms with E-state index in [1.54, 1.807) is 0 Å². The van der Waals surface area contributed by atoms with Crippen LogP contribution in [0.3, 0.4) is 0 Å². The van der Waals surface area contributed by atoms with Crippen LogP contribution in [0.1, 0.15) is 26.7 Å². The number of likely N-dealkylation sites (N-methyl/N-ethyl adjacent to an activating group) is 1. The molecule has 0 amide bonds. The number of carboxylic acids is 1. The first-order valence-corrected chi connectivity index (χ1v) is 7.40. The van der Waals surface area contributed by atoms with Gasteiger partial charge in [0, 0.05) is 19.2 Å². The lowest BCUT2D eigenvalue weighted by atomic mass is 10.0. The molecule has 2 N–H and O–H groups in total. The van der Waals surface area contributed by atoms with Crippen LogP contribution in [0.2, 0.25) is 0 Å². The number of rotatable bonds is 10. The molecule has 6 heteroatoms. The second-order valence-corrected chi connectivity index (χ2v) is 5.22. The third-order valence-corrected chi connectivity index (χ3v) is 3.64. The molecule has 1 fully saturated rings. The van der Waals surface area contributed by atoms with Crippen LogP contribution in [0.25, 0.3) is 0 Å². The first kappa shape index (κ1) is 17.4. The molecule has 1 aliphatic heterocycles. The van der Waals surface area contributed by atoms with Crippen molar-refractivity contribution < 1.29 is 24.5 Å². The van der Waals surface area contributed by atoms with Gasteiger partial charge in [0.1, 0.15) is 0 Å². The Labute approximate surface area is 120 Å². The second-order valence-electron chi connectivity index (χ2n) is 5.22. The van der Waals surface area contributed by atoms with Crippen molar-refractivity contribution in [2.24, 2.45) is 5.92 Å². The molecular weight excluding hydrogens is 262 g/mol. The molecule has 0 radical (unpaired) electrons. The molecule has 1 rings (SSSR count). The van der Waals surface area contributed by atoms with E-state index in [4.69, 9.17) is 14.6 Å². The summed E-state index contributed by atoms with van der Waals surface area (Å²) in [6.07, 6.45) is 1.46. The zero-order chi connectivity index (χ0) is 15.0. The largest absolute Gasteiger partial charge is 0.481 e. The van der Waals surface area contributed by atoms with Gasteiger partial charge in [0.2, 0.25) is 0 Å². The Morgan fingerprint density at radius 3 is 2.80 bits per heavy atom. The van der Waals surface area contributed by atoms with Gasteiger partial charge in [-0.25, -0.2) is 0 Å². The highest BCUT2D eigenvalue weighted by Crippen LogP contribution is 2.20. The number of aliphatic hydroxyl groups is 1. The highest BCUT2D eigenvalue weighted by molar-refractivity contribution is 5.71. The number of carbonyl (C=O) groups is 1. The highest BCUT2D eigenvalue weighted by Gasteiger charge is 2.37. The smallest absolute Gasteiger partial charge is 0.310 e. The third-order valence-electron chi connectivity index (χ3n) is 3.64. The van der Waals surface area contributed by atoms with Crippen LogP contribution < -0.4 is 0 Å². The average Bonchev–Trinajstić information content (AvgIpc) is 2.90. The molecule has 6 nitrogen and oxygen atoms in total. The Hall–Kier alpha value is -0.690. The first-order valence-electron chi connectivity index (χ1n) is 7.40. The minimum absolute atomic E-state index is 0.164. The number of carboxylic acid groups (broad SMARTS) is 1. The molecule has 0 aromatic heterocycles. The Balaban J connectivity index is 2.39. The molecule has 1 saturated heterocycles. The maximum Gasteiger partial charge on any atom is 0.310 e. The summed E-state index contributed by atoms with van der Waals surface area (Å²) >= 11 is 0. The van der Waals surface area contributed by atoms with Crippen LogP contribution in [0.15, 0.2) is 0 Å². The maximum atomic E-state index is 11.2. The van der Waals surface area contributed by atoms with E-state index in [0.717, 1.165) is 12.8 Å². The lowest BCUT2D eigenvalue weighted by Gasteiger charge is -2.30. The van der Waals surface area contributed by atoms with Crippen molar-refractivity contribution >= 4 is 5.97 Å². The van der Waals surface area contributed by atoms with Crippen LogP contribution in [-0.2, 0) is 14.3 Å². The predicted octanol–water partition coefficient (Wildman–Crippen LogP) is 0.586. The highest BCUT2D eigenvalue weighted by atomic mass is 16.5. The number of aliphatic carboxylic acids is 1. The van der Waals surface area contributed by atoms with Gasteiger partial charge in [0.15, 0.2) is 0 Å². The minimum Gasteiger partial charge on any atom is -0.481 e. The van der Waals surface area contributed by atoms with E-state index >= 15 is 0 Å². The van der Waals surface area contributed by atoms with Crippen molar-refractivity contribution in [3.05, 3.63) is 0 Å². The van der Waals surface area contributed by atoms with Crippen LogP contribution in [0, 0.1) is 5.92 Å². The number of nitrogens with zero attached hydrogens (tertiary/aromatic N) is 1. The number of aliphatic hydroxyl groups excluding tert-OH is 1. The van der Waals surface area contributed by atoms with E-state index in [2.05, 4.69) is 6.92 Å². The summed E-state index contributed by atoms with van der Waals surface area (Å²) in [5.41, 5.74) is 0. The minimum atomic E-state index is -0.834. The summed E-state index contributed by atoms with van der Waals surface area (Å²) in [6, 6.07) is -0.164. The van der Waals surface area contributed by atoms with Gasteiger partial charge in [-0.3, -0.25) is 9.69 Å². The zero-order valence-corrected chi connectivity index (χ0v) is 12.5. The second kappa shape index (κ2) is 9.28. The van der Waals surface area contributed by atoms with Gasteiger partial charge in [-0.15, -0.1) is 0 Å². The van der Waals surface area contributed by atoms with Crippen LogP contribution in [0.5, 0.6) is 0 Å². The summed E-state index contributed by atoms with van der Waals surface area (Å²) in [7, 11) is 0. The molecule has 0 saturated carbocycles. The van der Waals surface area contributed by atoms with Crippen molar-refractivity contribution in [1.82, 2.24) is 4.90 Å².